The summed E-state index contributed by atoms with van der Waals surface area (Å²) >= 11 is 1.74. The van der Waals surface area contributed by atoms with Crippen molar-refractivity contribution in [2.24, 2.45) is 5.73 Å². The zero-order valence-electron chi connectivity index (χ0n) is 11.9. The summed E-state index contributed by atoms with van der Waals surface area (Å²) in [5.74, 6) is 0.0861. The summed E-state index contributed by atoms with van der Waals surface area (Å²) < 4.78 is 0. The molecule has 1 unspecified atom stereocenters. The molecule has 0 aromatic carbocycles. The van der Waals surface area contributed by atoms with Crippen LogP contribution in [0.4, 0.5) is 0 Å². The molecular weight excluding hydrogens is 256 g/mol. The molecule has 1 aromatic heterocycles. The topological polar surface area (TPSA) is 55.1 Å². The Labute approximate surface area is 119 Å². The van der Waals surface area contributed by atoms with Gasteiger partial charge < -0.3 is 11.1 Å². The van der Waals surface area contributed by atoms with Crippen LogP contribution < -0.4 is 11.1 Å². The summed E-state index contributed by atoms with van der Waals surface area (Å²) in [7, 11) is 0. The van der Waals surface area contributed by atoms with E-state index in [1.807, 2.05) is 6.92 Å². The summed E-state index contributed by atoms with van der Waals surface area (Å²) in [6.07, 6.45) is 5.99. The number of carbonyl (C=O) groups excluding carboxylic acids is 1. The first-order valence-electron chi connectivity index (χ1n) is 7.13. The zero-order valence-corrected chi connectivity index (χ0v) is 12.7. The second kappa shape index (κ2) is 6.06. The number of rotatable bonds is 4. The molecule has 1 heterocycles. The van der Waals surface area contributed by atoms with Crippen molar-refractivity contribution in [3.8, 4) is 0 Å². The third-order valence-electron chi connectivity index (χ3n) is 3.93. The lowest BCUT2D eigenvalue weighted by molar-refractivity contribution is -0.123. The Hall–Kier alpha value is -0.870. The molecule has 106 valence electrons. The van der Waals surface area contributed by atoms with E-state index in [1.54, 1.807) is 11.3 Å². The molecule has 0 radical (unpaired) electrons. The van der Waals surface area contributed by atoms with E-state index in [0.29, 0.717) is 6.42 Å². The zero-order chi connectivity index (χ0) is 13.9. The van der Waals surface area contributed by atoms with Crippen molar-refractivity contribution in [3.63, 3.8) is 0 Å². The van der Waals surface area contributed by atoms with Gasteiger partial charge in [-0.1, -0.05) is 19.3 Å². The first kappa shape index (κ1) is 14.5. The van der Waals surface area contributed by atoms with Crippen LogP contribution in [0.3, 0.4) is 0 Å². The normalized spacial score (nSPS) is 19.9. The number of hydrogen-bond acceptors (Lipinski definition) is 3. The molecule has 0 bridgehead atoms. The van der Waals surface area contributed by atoms with Gasteiger partial charge in [-0.25, -0.2) is 0 Å². The fourth-order valence-electron chi connectivity index (χ4n) is 2.80. The Morgan fingerprint density at radius 2 is 2.11 bits per heavy atom. The van der Waals surface area contributed by atoms with E-state index >= 15 is 0 Å². The van der Waals surface area contributed by atoms with Crippen molar-refractivity contribution >= 4 is 17.2 Å². The average molecular weight is 280 g/mol. The van der Waals surface area contributed by atoms with Crippen LogP contribution in [0, 0.1) is 6.92 Å². The van der Waals surface area contributed by atoms with E-state index < -0.39 is 0 Å². The summed E-state index contributed by atoms with van der Waals surface area (Å²) in [4.78, 5) is 14.6. The van der Waals surface area contributed by atoms with Gasteiger partial charge in [0.15, 0.2) is 0 Å². The number of nitrogens with one attached hydrogen (secondary N) is 1. The smallest absolute Gasteiger partial charge is 0.222 e. The van der Waals surface area contributed by atoms with Crippen LogP contribution in [0.25, 0.3) is 0 Å². The largest absolute Gasteiger partial charge is 0.349 e. The SMILES string of the molecule is Cc1ccc(C(C)NC(=O)CC2(N)CCCCC2)s1. The molecule has 2 rings (SSSR count). The van der Waals surface area contributed by atoms with Crippen LogP contribution in [0.15, 0.2) is 12.1 Å². The summed E-state index contributed by atoms with van der Waals surface area (Å²) in [5.41, 5.74) is 6.05. The van der Waals surface area contributed by atoms with Gasteiger partial charge in [0, 0.05) is 21.7 Å². The molecule has 1 saturated carbocycles. The van der Waals surface area contributed by atoms with Gasteiger partial charge in [-0.15, -0.1) is 11.3 Å². The number of carbonyl (C=O) groups is 1. The van der Waals surface area contributed by atoms with Gasteiger partial charge in [-0.2, -0.15) is 0 Å². The second-order valence-electron chi connectivity index (χ2n) is 5.84. The molecule has 3 nitrogen and oxygen atoms in total. The molecule has 1 amide bonds. The Balaban J connectivity index is 1.87. The second-order valence-corrected chi connectivity index (χ2v) is 7.16. The van der Waals surface area contributed by atoms with Gasteiger partial charge in [0.25, 0.3) is 0 Å². The number of nitrogens with two attached hydrogens (primary N) is 1. The number of hydrogen-bond donors (Lipinski definition) is 2. The van der Waals surface area contributed by atoms with E-state index in [2.05, 4.69) is 24.4 Å². The predicted molar refractivity (Wildman–Crippen MR) is 80.2 cm³/mol. The molecule has 19 heavy (non-hydrogen) atoms. The van der Waals surface area contributed by atoms with Crippen LogP contribution in [0.5, 0.6) is 0 Å². The van der Waals surface area contributed by atoms with Gasteiger partial charge in [0.2, 0.25) is 5.91 Å². The molecule has 1 fully saturated rings. The summed E-state index contributed by atoms with van der Waals surface area (Å²) in [6.45, 7) is 4.12. The van der Waals surface area contributed by atoms with E-state index in [4.69, 9.17) is 5.73 Å². The van der Waals surface area contributed by atoms with Crippen molar-refractivity contribution in [1.29, 1.82) is 0 Å². The fourth-order valence-corrected chi connectivity index (χ4v) is 3.68. The molecule has 0 saturated heterocycles. The summed E-state index contributed by atoms with van der Waals surface area (Å²) in [6, 6.07) is 4.26. The quantitative estimate of drug-likeness (QED) is 0.889. The monoisotopic (exact) mass is 280 g/mol. The minimum atomic E-state index is -0.270. The highest BCUT2D eigenvalue weighted by Gasteiger charge is 2.30. The van der Waals surface area contributed by atoms with Crippen molar-refractivity contribution in [1.82, 2.24) is 5.32 Å². The van der Waals surface area contributed by atoms with E-state index in [-0.39, 0.29) is 17.5 Å². The number of amides is 1. The third kappa shape index (κ3) is 4.05. The van der Waals surface area contributed by atoms with E-state index in [1.165, 1.54) is 16.2 Å². The van der Waals surface area contributed by atoms with Gasteiger partial charge in [0.1, 0.15) is 0 Å². The van der Waals surface area contributed by atoms with E-state index in [0.717, 1.165) is 25.7 Å². The predicted octanol–water partition coefficient (Wildman–Crippen LogP) is 3.29. The highest BCUT2D eigenvalue weighted by molar-refractivity contribution is 7.12. The Morgan fingerprint density at radius 1 is 1.42 bits per heavy atom. The first-order chi connectivity index (χ1) is 8.98. The molecular formula is C15H24N2OS. The van der Waals surface area contributed by atoms with Crippen LogP contribution in [-0.2, 0) is 4.79 Å². The molecule has 1 atom stereocenters. The van der Waals surface area contributed by atoms with Crippen molar-refractivity contribution in [2.45, 2.75) is 64.0 Å². The lowest BCUT2D eigenvalue weighted by atomic mass is 9.80. The molecule has 0 aliphatic heterocycles. The Morgan fingerprint density at radius 3 is 2.68 bits per heavy atom. The van der Waals surface area contributed by atoms with Gasteiger partial charge in [-0.05, 0) is 38.8 Å². The van der Waals surface area contributed by atoms with Crippen LogP contribution in [-0.4, -0.2) is 11.4 Å². The van der Waals surface area contributed by atoms with Gasteiger partial charge in [0.05, 0.1) is 6.04 Å². The number of thiophene rings is 1. The highest BCUT2D eigenvalue weighted by atomic mass is 32.1. The molecule has 1 aliphatic rings. The Bertz CT molecular complexity index is 435. The molecule has 4 heteroatoms. The van der Waals surface area contributed by atoms with Gasteiger partial charge >= 0.3 is 0 Å². The lowest BCUT2D eigenvalue weighted by Gasteiger charge is -2.33. The first-order valence-corrected chi connectivity index (χ1v) is 7.95. The van der Waals surface area contributed by atoms with Crippen molar-refractivity contribution in [2.75, 3.05) is 0 Å². The molecule has 1 aromatic rings. The van der Waals surface area contributed by atoms with Crippen LogP contribution in [0.1, 0.15) is 61.2 Å². The highest BCUT2D eigenvalue weighted by Crippen LogP contribution is 2.29. The van der Waals surface area contributed by atoms with E-state index in [9.17, 15) is 4.79 Å². The molecule has 1 aliphatic carbocycles. The van der Waals surface area contributed by atoms with Crippen molar-refractivity contribution in [3.05, 3.63) is 21.9 Å². The van der Waals surface area contributed by atoms with Crippen molar-refractivity contribution < 1.29 is 4.79 Å². The molecule has 0 spiro atoms. The van der Waals surface area contributed by atoms with Crippen LogP contribution >= 0.6 is 11.3 Å². The minimum absolute atomic E-state index is 0.0818. The molecule has 3 N–H and O–H groups in total. The maximum Gasteiger partial charge on any atom is 0.222 e. The summed E-state index contributed by atoms with van der Waals surface area (Å²) in [5, 5.41) is 3.07. The average Bonchev–Trinajstić information content (AvgIpc) is 2.76. The standard InChI is InChI=1S/C15H24N2OS/c1-11-6-7-13(19-11)12(2)17-14(18)10-15(16)8-4-3-5-9-15/h6-7,12H,3-5,8-10,16H2,1-2H3,(H,17,18). The van der Waals surface area contributed by atoms with Crippen LogP contribution in [0.2, 0.25) is 0 Å². The Kier molecular flexibility index (Phi) is 4.63. The number of aryl methyl sites for hydroxylation is 1. The van der Waals surface area contributed by atoms with Gasteiger partial charge in [-0.3, -0.25) is 4.79 Å². The lowest BCUT2D eigenvalue weighted by Crippen LogP contribution is -2.46. The minimum Gasteiger partial charge on any atom is -0.349 e. The maximum absolute atomic E-state index is 12.1. The third-order valence-corrected chi connectivity index (χ3v) is 5.11. The maximum atomic E-state index is 12.1. The fraction of sp³-hybridized carbons (Fsp3) is 0.667.